The van der Waals surface area contributed by atoms with E-state index in [2.05, 4.69) is 4.98 Å². The maximum absolute atomic E-state index is 5.72. The molecule has 0 aliphatic heterocycles. The summed E-state index contributed by atoms with van der Waals surface area (Å²) in [6.07, 6.45) is 1.70. The van der Waals surface area contributed by atoms with Gasteiger partial charge >= 0.3 is 0 Å². The first kappa shape index (κ1) is 9.64. The van der Waals surface area contributed by atoms with Gasteiger partial charge in [0.2, 0.25) is 0 Å². The van der Waals surface area contributed by atoms with E-state index in [1.165, 1.54) is 0 Å². The van der Waals surface area contributed by atoms with Crippen molar-refractivity contribution in [1.82, 2.24) is 9.71 Å². The quantitative estimate of drug-likeness (QED) is 0.719. The number of nitrogens with two attached hydrogens (primary N) is 2. The van der Waals surface area contributed by atoms with Crippen LogP contribution in [0.2, 0.25) is 0 Å². The lowest BCUT2D eigenvalue weighted by Gasteiger charge is -2.10. The van der Waals surface area contributed by atoms with E-state index in [-0.39, 0.29) is 6.10 Å². The number of fused-ring (bicyclic) bond motifs is 1. The van der Waals surface area contributed by atoms with Gasteiger partial charge in [-0.25, -0.2) is 4.98 Å². The molecule has 80 valence electrons. The number of hydrogen-bond donors (Lipinski definition) is 2. The van der Waals surface area contributed by atoms with E-state index in [0.29, 0.717) is 11.4 Å². The molecule has 0 spiro atoms. The zero-order valence-corrected chi connectivity index (χ0v) is 8.77. The number of imidazole rings is 1. The van der Waals surface area contributed by atoms with Crippen LogP contribution in [-0.2, 0) is 0 Å². The van der Waals surface area contributed by atoms with Gasteiger partial charge in [-0.05, 0) is 26.0 Å². The van der Waals surface area contributed by atoms with Crippen molar-refractivity contribution in [2.75, 3.05) is 11.5 Å². The van der Waals surface area contributed by atoms with Crippen molar-refractivity contribution >= 4 is 22.4 Å². The average Bonchev–Trinajstić information content (AvgIpc) is 2.49. The summed E-state index contributed by atoms with van der Waals surface area (Å²) in [4.78, 5) is 9.70. The zero-order valence-electron chi connectivity index (χ0n) is 8.77. The molecule has 0 radical (unpaired) electrons. The molecule has 0 unspecified atom stereocenters. The molecule has 1 aromatic carbocycles. The molecule has 1 heterocycles. The molecule has 4 N–H and O–H groups in total. The third-order valence-corrected chi connectivity index (χ3v) is 2.04. The standard InChI is InChI=1S/C10H14N4O/c1-6(2)15-14-5-13-9-3-7(11)8(12)4-10(9)14/h3-6H,11-12H2,1-2H3. The fourth-order valence-electron chi connectivity index (χ4n) is 1.38. The van der Waals surface area contributed by atoms with Gasteiger partial charge in [-0.15, -0.1) is 0 Å². The normalized spacial score (nSPS) is 11.1. The highest BCUT2D eigenvalue weighted by molar-refractivity contribution is 5.85. The largest absolute Gasteiger partial charge is 0.410 e. The highest BCUT2D eigenvalue weighted by Crippen LogP contribution is 2.22. The summed E-state index contributed by atoms with van der Waals surface area (Å²) in [7, 11) is 0. The summed E-state index contributed by atoms with van der Waals surface area (Å²) in [6.45, 7) is 3.90. The Kier molecular flexibility index (Phi) is 2.15. The predicted octanol–water partition coefficient (Wildman–Crippen LogP) is 1.04. The van der Waals surface area contributed by atoms with Gasteiger partial charge in [-0.3, -0.25) is 0 Å². The van der Waals surface area contributed by atoms with E-state index in [4.69, 9.17) is 16.3 Å². The average molecular weight is 206 g/mol. The molecular formula is C10H14N4O. The number of anilines is 2. The smallest absolute Gasteiger partial charge is 0.133 e. The monoisotopic (exact) mass is 206 g/mol. The molecule has 0 bridgehead atoms. The molecule has 1 aromatic heterocycles. The summed E-state index contributed by atoms with van der Waals surface area (Å²) in [6, 6.07) is 3.50. The third kappa shape index (κ3) is 1.68. The van der Waals surface area contributed by atoms with Crippen LogP contribution in [0, 0.1) is 0 Å². The van der Waals surface area contributed by atoms with E-state index in [1.807, 2.05) is 13.8 Å². The van der Waals surface area contributed by atoms with Crippen molar-refractivity contribution in [3.63, 3.8) is 0 Å². The fourth-order valence-corrected chi connectivity index (χ4v) is 1.38. The Hall–Kier alpha value is -1.91. The molecule has 0 fully saturated rings. The van der Waals surface area contributed by atoms with Gasteiger partial charge in [0.25, 0.3) is 0 Å². The summed E-state index contributed by atoms with van der Waals surface area (Å²) < 4.78 is 1.61. The number of hydrogen-bond acceptors (Lipinski definition) is 4. The molecule has 0 saturated carbocycles. The third-order valence-electron chi connectivity index (χ3n) is 2.04. The SMILES string of the molecule is CC(C)On1cnc2cc(N)c(N)cc21. The number of nitrogens with zero attached hydrogens (tertiary/aromatic N) is 2. The number of benzene rings is 1. The van der Waals surface area contributed by atoms with Crippen LogP contribution in [0.5, 0.6) is 0 Å². The van der Waals surface area contributed by atoms with E-state index in [0.717, 1.165) is 11.0 Å². The maximum Gasteiger partial charge on any atom is 0.133 e. The van der Waals surface area contributed by atoms with Crippen LogP contribution in [0.4, 0.5) is 11.4 Å². The van der Waals surface area contributed by atoms with Crippen molar-refractivity contribution in [1.29, 1.82) is 0 Å². The fraction of sp³-hybridized carbons (Fsp3) is 0.300. The van der Waals surface area contributed by atoms with Crippen molar-refractivity contribution in [3.05, 3.63) is 18.5 Å². The lowest BCUT2D eigenvalue weighted by molar-refractivity contribution is 0.0675. The topological polar surface area (TPSA) is 79.1 Å². The molecular weight excluding hydrogens is 192 g/mol. The zero-order chi connectivity index (χ0) is 11.0. The minimum Gasteiger partial charge on any atom is -0.410 e. The number of nitrogen functional groups attached to an aromatic ring is 2. The van der Waals surface area contributed by atoms with Gasteiger partial charge in [0.05, 0.1) is 16.9 Å². The van der Waals surface area contributed by atoms with Crippen LogP contribution in [-0.4, -0.2) is 15.8 Å². The molecule has 2 aromatic rings. The highest BCUT2D eigenvalue weighted by Gasteiger charge is 2.07. The minimum atomic E-state index is 0.0844. The van der Waals surface area contributed by atoms with Crippen LogP contribution in [0.3, 0.4) is 0 Å². The van der Waals surface area contributed by atoms with Gasteiger partial charge in [-0.2, -0.15) is 4.73 Å². The number of rotatable bonds is 2. The van der Waals surface area contributed by atoms with Crippen LogP contribution in [0.1, 0.15) is 13.8 Å². The second-order valence-electron chi connectivity index (χ2n) is 3.69. The molecule has 15 heavy (non-hydrogen) atoms. The number of aromatic nitrogens is 2. The van der Waals surface area contributed by atoms with Crippen molar-refractivity contribution in [3.8, 4) is 0 Å². The van der Waals surface area contributed by atoms with Gasteiger partial charge < -0.3 is 16.3 Å². The Morgan fingerprint density at radius 1 is 1.27 bits per heavy atom. The Balaban J connectivity index is 2.54. The second kappa shape index (κ2) is 3.34. The van der Waals surface area contributed by atoms with E-state index < -0.39 is 0 Å². The minimum absolute atomic E-state index is 0.0844. The van der Waals surface area contributed by atoms with Gasteiger partial charge in [0.1, 0.15) is 17.9 Å². The Morgan fingerprint density at radius 3 is 2.60 bits per heavy atom. The molecule has 0 amide bonds. The van der Waals surface area contributed by atoms with Gasteiger partial charge in [0.15, 0.2) is 0 Å². The maximum atomic E-state index is 5.72. The first-order valence-corrected chi connectivity index (χ1v) is 4.77. The Morgan fingerprint density at radius 2 is 1.93 bits per heavy atom. The van der Waals surface area contributed by atoms with Crippen LogP contribution in [0.25, 0.3) is 11.0 Å². The van der Waals surface area contributed by atoms with E-state index in [1.54, 1.807) is 23.2 Å². The van der Waals surface area contributed by atoms with Crippen molar-refractivity contribution < 1.29 is 4.84 Å². The Labute approximate surface area is 87.6 Å². The summed E-state index contributed by atoms with van der Waals surface area (Å²) in [5.74, 6) is 0. The lowest BCUT2D eigenvalue weighted by atomic mass is 10.2. The molecule has 0 atom stereocenters. The van der Waals surface area contributed by atoms with E-state index in [9.17, 15) is 0 Å². The summed E-state index contributed by atoms with van der Waals surface area (Å²) in [5, 5.41) is 0. The van der Waals surface area contributed by atoms with Crippen LogP contribution in [0.15, 0.2) is 18.5 Å². The predicted molar refractivity (Wildman–Crippen MR) is 60.3 cm³/mol. The van der Waals surface area contributed by atoms with Crippen molar-refractivity contribution in [2.45, 2.75) is 20.0 Å². The first-order valence-electron chi connectivity index (χ1n) is 4.77. The lowest BCUT2D eigenvalue weighted by Crippen LogP contribution is -2.17. The molecule has 5 heteroatoms. The molecule has 0 saturated heterocycles. The molecule has 2 rings (SSSR count). The second-order valence-corrected chi connectivity index (χ2v) is 3.69. The highest BCUT2D eigenvalue weighted by atomic mass is 16.7. The summed E-state index contributed by atoms with van der Waals surface area (Å²) >= 11 is 0. The first-order chi connectivity index (χ1) is 7.08. The van der Waals surface area contributed by atoms with Gasteiger partial charge in [0, 0.05) is 0 Å². The molecule has 0 aliphatic carbocycles. The van der Waals surface area contributed by atoms with Gasteiger partial charge in [-0.1, -0.05) is 0 Å². The molecule has 5 nitrogen and oxygen atoms in total. The Bertz CT molecular complexity index is 489. The van der Waals surface area contributed by atoms with Crippen molar-refractivity contribution in [2.24, 2.45) is 0 Å². The van der Waals surface area contributed by atoms with Crippen LogP contribution < -0.4 is 16.3 Å². The van der Waals surface area contributed by atoms with Crippen LogP contribution >= 0.6 is 0 Å². The molecule has 0 aliphatic rings. The van der Waals surface area contributed by atoms with E-state index >= 15 is 0 Å². The summed E-state index contributed by atoms with van der Waals surface area (Å²) in [5.41, 5.74) is 14.1.